The lowest BCUT2D eigenvalue weighted by molar-refractivity contribution is 0.0925. The van der Waals surface area contributed by atoms with Crippen LogP contribution in [0, 0.1) is 19.7 Å². The fourth-order valence-electron chi connectivity index (χ4n) is 2.78. The van der Waals surface area contributed by atoms with Gasteiger partial charge in [0.25, 0.3) is 5.91 Å². The number of benzene rings is 2. The van der Waals surface area contributed by atoms with Gasteiger partial charge in [0.15, 0.2) is 5.76 Å². The molecule has 24 heavy (non-hydrogen) atoms. The molecule has 1 unspecified atom stereocenters. The van der Waals surface area contributed by atoms with Gasteiger partial charge in [0.05, 0.1) is 0 Å². The van der Waals surface area contributed by atoms with Crippen molar-refractivity contribution in [2.24, 2.45) is 0 Å². The molecule has 3 nitrogen and oxygen atoms in total. The van der Waals surface area contributed by atoms with E-state index in [0.717, 1.165) is 27.7 Å². The van der Waals surface area contributed by atoms with Crippen molar-refractivity contribution < 1.29 is 13.6 Å². The van der Waals surface area contributed by atoms with Gasteiger partial charge in [-0.3, -0.25) is 4.79 Å². The molecule has 0 aliphatic heterocycles. The molecule has 4 heteroatoms. The predicted molar refractivity (Wildman–Crippen MR) is 92.8 cm³/mol. The first-order valence-corrected chi connectivity index (χ1v) is 7.99. The second-order valence-electron chi connectivity index (χ2n) is 6.22. The van der Waals surface area contributed by atoms with Crippen molar-refractivity contribution in [3.05, 3.63) is 70.7 Å². The Morgan fingerprint density at radius 2 is 1.88 bits per heavy atom. The van der Waals surface area contributed by atoms with E-state index in [1.165, 1.54) is 12.1 Å². The SMILES string of the molecule is Cc1ccc2c(C)c(C(=O)NCC(C)c3ccc(F)cc3)oc2c1. The van der Waals surface area contributed by atoms with Crippen molar-refractivity contribution in [3.63, 3.8) is 0 Å². The molecule has 1 amide bonds. The summed E-state index contributed by atoms with van der Waals surface area (Å²) in [6.45, 7) is 6.32. The number of furan rings is 1. The van der Waals surface area contributed by atoms with Crippen LogP contribution in [0.3, 0.4) is 0 Å². The highest BCUT2D eigenvalue weighted by Gasteiger charge is 2.18. The van der Waals surface area contributed by atoms with Crippen molar-refractivity contribution in [1.29, 1.82) is 0 Å². The first kappa shape index (κ1) is 16.2. The Labute approximate surface area is 140 Å². The number of rotatable bonds is 4. The monoisotopic (exact) mass is 325 g/mol. The molecule has 0 fully saturated rings. The molecule has 0 radical (unpaired) electrons. The quantitative estimate of drug-likeness (QED) is 0.754. The van der Waals surface area contributed by atoms with Crippen LogP contribution < -0.4 is 5.32 Å². The number of aryl methyl sites for hydroxylation is 2. The zero-order valence-corrected chi connectivity index (χ0v) is 14.0. The predicted octanol–water partition coefficient (Wildman–Crippen LogP) is 4.72. The van der Waals surface area contributed by atoms with Crippen LogP contribution >= 0.6 is 0 Å². The van der Waals surface area contributed by atoms with Gasteiger partial charge in [0.1, 0.15) is 11.4 Å². The smallest absolute Gasteiger partial charge is 0.287 e. The molecule has 1 atom stereocenters. The minimum atomic E-state index is -0.261. The third kappa shape index (κ3) is 3.18. The van der Waals surface area contributed by atoms with Crippen LogP contribution in [-0.4, -0.2) is 12.5 Å². The Bertz CT molecular complexity index is 881. The summed E-state index contributed by atoms with van der Waals surface area (Å²) < 4.78 is 18.7. The average molecular weight is 325 g/mol. The molecule has 0 saturated heterocycles. The van der Waals surface area contributed by atoms with Gasteiger partial charge >= 0.3 is 0 Å². The zero-order valence-electron chi connectivity index (χ0n) is 14.0. The fraction of sp³-hybridized carbons (Fsp3) is 0.250. The fourth-order valence-corrected chi connectivity index (χ4v) is 2.78. The highest BCUT2D eigenvalue weighted by molar-refractivity contribution is 5.99. The van der Waals surface area contributed by atoms with Crippen molar-refractivity contribution in [2.45, 2.75) is 26.7 Å². The molecule has 1 heterocycles. The van der Waals surface area contributed by atoms with Gasteiger partial charge in [-0.1, -0.05) is 31.2 Å². The Hall–Kier alpha value is -2.62. The van der Waals surface area contributed by atoms with E-state index in [2.05, 4.69) is 5.32 Å². The summed E-state index contributed by atoms with van der Waals surface area (Å²) >= 11 is 0. The number of amides is 1. The highest BCUT2D eigenvalue weighted by atomic mass is 19.1. The van der Waals surface area contributed by atoms with E-state index in [4.69, 9.17) is 4.42 Å². The van der Waals surface area contributed by atoms with Crippen molar-refractivity contribution in [1.82, 2.24) is 5.32 Å². The molecule has 0 bridgehead atoms. The summed E-state index contributed by atoms with van der Waals surface area (Å²) in [5.74, 6) is -0.0538. The number of carbonyl (C=O) groups is 1. The van der Waals surface area contributed by atoms with Crippen LogP contribution in [0.25, 0.3) is 11.0 Å². The van der Waals surface area contributed by atoms with Crippen molar-refractivity contribution in [3.8, 4) is 0 Å². The highest BCUT2D eigenvalue weighted by Crippen LogP contribution is 2.26. The van der Waals surface area contributed by atoms with Gasteiger partial charge in [-0.2, -0.15) is 0 Å². The van der Waals surface area contributed by atoms with Crippen LogP contribution in [0.15, 0.2) is 46.9 Å². The van der Waals surface area contributed by atoms with E-state index >= 15 is 0 Å². The molecule has 3 aromatic rings. The summed E-state index contributed by atoms with van der Waals surface area (Å²) in [4.78, 5) is 12.4. The number of carbonyl (C=O) groups excluding carboxylic acids is 1. The van der Waals surface area contributed by atoms with Crippen molar-refractivity contribution in [2.75, 3.05) is 6.54 Å². The minimum absolute atomic E-state index is 0.0847. The third-order valence-corrected chi connectivity index (χ3v) is 4.31. The maximum Gasteiger partial charge on any atom is 0.287 e. The van der Waals surface area contributed by atoms with E-state index in [1.54, 1.807) is 12.1 Å². The number of fused-ring (bicyclic) bond motifs is 1. The maximum absolute atomic E-state index is 13.0. The van der Waals surface area contributed by atoms with Gasteiger partial charge < -0.3 is 9.73 Å². The maximum atomic E-state index is 13.0. The van der Waals surface area contributed by atoms with E-state index in [9.17, 15) is 9.18 Å². The minimum Gasteiger partial charge on any atom is -0.451 e. The Morgan fingerprint density at radius 3 is 2.58 bits per heavy atom. The first-order chi connectivity index (χ1) is 11.5. The van der Waals surface area contributed by atoms with Crippen molar-refractivity contribution >= 4 is 16.9 Å². The standard InChI is InChI=1S/C20H20FNO2/c1-12-4-9-17-14(3)19(24-18(17)10-12)20(23)22-11-13(2)15-5-7-16(21)8-6-15/h4-10,13H,11H2,1-3H3,(H,22,23). The summed E-state index contributed by atoms with van der Waals surface area (Å²) in [7, 11) is 0. The van der Waals surface area contributed by atoms with Crippen LogP contribution in [0.2, 0.25) is 0 Å². The molecule has 0 aliphatic carbocycles. The summed E-state index contributed by atoms with van der Waals surface area (Å²) in [5, 5.41) is 3.86. The third-order valence-electron chi connectivity index (χ3n) is 4.31. The number of nitrogens with one attached hydrogen (secondary N) is 1. The van der Waals surface area contributed by atoms with Crippen LogP contribution in [0.1, 0.15) is 40.1 Å². The van der Waals surface area contributed by atoms with E-state index in [1.807, 2.05) is 39.0 Å². The topological polar surface area (TPSA) is 42.2 Å². The van der Waals surface area contributed by atoms with Gasteiger partial charge in [-0.25, -0.2) is 4.39 Å². The Kier molecular flexibility index (Phi) is 4.38. The van der Waals surface area contributed by atoms with Gasteiger partial charge in [-0.15, -0.1) is 0 Å². The molecule has 124 valence electrons. The molecular weight excluding hydrogens is 305 g/mol. The molecule has 1 aromatic heterocycles. The Balaban J connectivity index is 1.73. The summed E-state index contributed by atoms with van der Waals surface area (Å²) in [6, 6.07) is 12.2. The number of hydrogen-bond donors (Lipinski definition) is 1. The lowest BCUT2D eigenvalue weighted by atomic mass is 10.0. The van der Waals surface area contributed by atoms with E-state index < -0.39 is 0 Å². The summed E-state index contributed by atoms with van der Waals surface area (Å²) in [6.07, 6.45) is 0. The first-order valence-electron chi connectivity index (χ1n) is 7.99. The lowest BCUT2D eigenvalue weighted by Gasteiger charge is -2.12. The van der Waals surface area contributed by atoms with Gasteiger partial charge in [-0.05, 0) is 49.1 Å². The van der Waals surface area contributed by atoms with Gasteiger partial charge in [0, 0.05) is 17.5 Å². The van der Waals surface area contributed by atoms with E-state index in [-0.39, 0.29) is 17.6 Å². The van der Waals surface area contributed by atoms with Crippen LogP contribution in [0.4, 0.5) is 4.39 Å². The largest absolute Gasteiger partial charge is 0.451 e. The van der Waals surface area contributed by atoms with Crippen LogP contribution in [-0.2, 0) is 0 Å². The second kappa shape index (κ2) is 6.48. The number of halogens is 1. The molecule has 2 aromatic carbocycles. The average Bonchev–Trinajstić information content (AvgIpc) is 2.89. The van der Waals surface area contributed by atoms with Crippen LogP contribution in [0.5, 0.6) is 0 Å². The molecule has 3 rings (SSSR count). The summed E-state index contributed by atoms with van der Waals surface area (Å²) in [5.41, 5.74) is 3.64. The molecule has 0 spiro atoms. The lowest BCUT2D eigenvalue weighted by Crippen LogP contribution is -2.27. The number of hydrogen-bond acceptors (Lipinski definition) is 2. The molecule has 0 aliphatic rings. The molecular formula is C20H20FNO2. The Morgan fingerprint density at radius 1 is 1.17 bits per heavy atom. The molecule has 1 N–H and O–H groups in total. The van der Waals surface area contributed by atoms with E-state index in [0.29, 0.717) is 12.3 Å². The molecule has 0 saturated carbocycles. The second-order valence-corrected chi connectivity index (χ2v) is 6.22. The normalized spacial score (nSPS) is 12.3. The van der Waals surface area contributed by atoms with Gasteiger partial charge in [0.2, 0.25) is 0 Å². The zero-order chi connectivity index (χ0) is 17.3.